The molecule has 29 heavy (non-hydrogen) atoms. The average Bonchev–Trinajstić information content (AvgIpc) is 3.22. The fraction of sp³-hybridized carbons (Fsp3) is 0.304. The van der Waals surface area contributed by atoms with Crippen LogP contribution in [0.25, 0.3) is 0 Å². The van der Waals surface area contributed by atoms with E-state index in [9.17, 15) is 9.59 Å². The summed E-state index contributed by atoms with van der Waals surface area (Å²) in [6, 6.07) is 13.3. The predicted octanol–water partition coefficient (Wildman–Crippen LogP) is 4.76. The molecule has 0 spiro atoms. The number of carbonyl (C=O) groups excluding carboxylic acids is 2. The van der Waals surface area contributed by atoms with Gasteiger partial charge in [0, 0.05) is 22.6 Å². The number of halogens is 2. The predicted molar refractivity (Wildman–Crippen MR) is 115 cm³/mol. The van der Waals surface area contributed by atoms with Crippen molar-refractivity contribution in [1.29, 1.82) is 0 Å². The average molecular weight is 429 g/mol. The number of carbonyl (C=O) groups is 2. The van der Waals surface area contributed by atoms with Gasteiger partial charge in [-0.1, -0.05) is 66.4 Å². The smallest absolute Gasteiger partial charge is 0.299 e. The van der Waals surface area contributed by atoms with Gasteiger partial charge in [0.2, 0.25) is 5.91 Å². The third-order valence-electron chi connectivity index (χ3n) is 5.13. The van der Waals surface area contributed by atoms with Gasteiger partial charge in [-0.15, -0.1) is 6.42 Å². The Hall–Kier alpha value is -2.48. The highest BCUT2D eigenvalue weighted by atomic mass is 35.5. The molecule has 1 saturated carbocycles. The zero-order chi connectivity index (χ0) is 20.8. The molecule has 0 aromatic heterocycles. The number of hydrogen-bond donors (Lipinski definition) is 1. The first-order valence-corrected chi connectivity index (χ1v) is 10.3. The number of benzene rings is 2. The Morgan fingerprint density at radius 3 is 2.38 bits per heavy atom. The van der Waals surface area contributed by atoms with Crippen LogP contribution in [0.3, 0.4) is 0 Å². The number of nitrogens with one attached hydrogen (secondary N) is 1. The van der Waals surface area contributed by atoms with Crippen molar-refractivity contribution < 1.29 is 9.59 Å². The maximum Gasteiger partial charge on any atom is 0.299 e. The van der Waals surface area contributed by atoms with Gasteiger partial charge in [0.25, 0.3) is 5.91 Å². The topological polar surface area (TPSA) is 49.4 Å². The largest absolute Gasteiger partial charge is 0.351 e. The van der Waals surface area contributed by atoms with Crippen LogP contribution in [0.5, 0.6) is 0 Å². The Bertz CT molecular complexity index is 915. The monoisotopic (exact) mass is 428 g/mol. The minimum atomic E-state index is -0.882. The van der Waals surface area contributed by atoms with Crippen LogP contribution in [0.15, 0.2) is 48.5 Å². The van der Waals surface area contributed by atoms with Gasteiger partial charge < -0.3 is 10.2 Å². The van der Waals surface area contributed by atoms with Crippen molar-refractivity contribution in [3.63, 3.8) is 0 Å². The van der Waals surface area contributed by atoms with Gasteiger partial charge in [-0.05, 0) is 48.1 Å². The van der Waals surface area contributed by atoms with Crippen molar-refractivity contribution in [2.24, 2.45) is 0 Å². The highest BCUT2D eigenvalue weighted by molar-refractivity contribution is 6.31. The standard InChI is InChI=1S/C23H22Cl2N2O2/c1-2-21(28)27(15-17-7-3-6-10-20(17)25)22(16-11-13-18(24)14-12-16)23(29)26-19-8-4-5-9-19/h1,3,6-7,10-14,19,22H,4-5,8-9,15H2,(H,26,29)/t22-/m0/s1. The highest BCUT2D eigenvalue weighted by Gasteiger charge is 2.33. The lowest BCUT2D eigenvalue weighted by Gasteiger charge is -2.31. The summed E-state index contributed by atoms with van der Waals surface area (Å²) in [6.45, 7) is 0.119. The second kappa shape index (κ2) is 9.82. The van der Waals surface area contributed by atoms with Crippen LogP contribution in [0, 0.1) is 12.3 Å². The van der Waals surface area contributed by atoms with Crippen LogP contribution in [0.2, 0.25) is 10.0 Å². The van der Waals surface area contributed by atoms with Crippen LogP contribution in [-0.4, -0.2) is 22.8 Å². The van der Waals surface area contributed by atoms with Gasteiger partial charge in [-0.3, -0.25) is 9.59 Å². The molecule has 2 amide bonds. The quantitative estimate of drug-likeness (QED) is 0.674. The Balaban J connectivity index is 1.98. The summed E-state index contributed by atoms with van der Waals surface area (Å²) in [5.41, 5.74) is 1.35. The minimum absolute atomic E-state index is 0.111. The van der Waals surface area contributed by atoms with Crippen molar-refractivity contribution in [1.82, 2.24) is 10.2 Å². The molecule has 0 radical (unpaired) electrons. The van der Waals surface area contributed by atoms with E-state index in [0.29, 0.717) is 21.2 Å². The second-order valence-corrected chi connectivity index (χ2v) is 7.96. The minimum Gasteiger partial charge on any atom is -0.351 e. The normalized spacial score (nSPS) is 14.8. The van der Waals surface area contributed by atoms with Crippen molar-refractivity contribution in [2.75, 3.05) is 0 Å². The lowest BCUT2D eigenvalue weighted by Crippen LogP contribution is -2.45. The second-order valence-electron chi connectivity index (χ2n) is 7.11. The zero-order valence-corrected chi connectivity index (χ0v) is 17.4. The molecular weight excluding hydrogens is 407 g/mol. The molecule has 2 aromatic rings. The first kappa shape index (κ1) is 21.2. The SMILES string of the molecule is C#CC(=O)N(Cc1ccccc1Cl)[C@H](C(=O)NC1CCCC1)c1ccc(Cl)cc1. The van der Waals surface area contributed by atoms with Gasteiger partial charge >= 0.3 is 0 Å². The molecule has 0 aliphatic heterocycles. The van der Waals surface area contributed by atoms with Gasteiger partial charge in [-0.2, -0.15) is 0 Å². The molecule has 150 valence electrons. The molecule has 0 heterocycles. The summed E-state index contributed by atoms with van der Waals surface area (Å²) < 4.78 is 0. The Morgan fingerprint density at radius 1 is 1.10 bits per heavy atom. The first-order valence-electron chi connectivity index (χ1n) is 9.56. The first-order chi connectivity index (χ1) is 14.0. The molecule has 1 aliphatic carbocycles. The summed E-state index contributed by atoms with van der Waals surface area (Å²) in [7, 11) is 0. The van der Waals surface area contributed by atoms with Crippen molar-refractivity contribution in [2.45, 2.75) is 44.3 Å². The number of amides is 2. The van der Waals surface area contributed by atoms with E-state index in [4.69, 9.17) is 29.6 Å². The molecule has 1 N–H and O–H groups in total. The maximum absolute atomic E-state index is 13.3. The van der Waals surface area contributed by atoms with E-state index in [1.807, 2.05) is 18.2 Å². The van der Waals surface area contributed by atoms with Gasteiger partial charge in [0.1, 0.15) is 6.04 Å². The van der Waals surface area contributed by atoms with Crippen LogP contribution in [0.1, 0.15) is 42.9 Å². The molecule has 0 unspecified atom stereocenters. The number of nitrogens with zero attached hydrogens (tertiary/aromatic N) is 1. The molecule has 1 fully saturated rings. The Morgan fingerprint density at radius 2 is 1.76 bits per heavy atom. The summed E-state index contributed by atoms with van der Waals surface area (Å²) in [6.07, 6.45) is 9.49. The summed E-state index contributed by atoms with van der Waals surface area (Å²) in [4.78, 5) is 27.4. The van der Waals surface area contributed by atoms with Crippen molar-refractivity contribution >= 4 is 35.0 Å². The van der Waals surface area contributed by atoms with E-state index in [1.165, 1.54) is 4.90 Å². The fourth-order valence-corrected chi connectivity index (χ4v) is 3.96. The molecule has 6 heteroatoms. The maximum atomic E-state index is 13.3. The summed E-state index contributed by atoms with van der Waals surface area (Å²) in [5, 5.41) is 4.14. The Kier molecular flexibility index (Phi) is 7.19. The van der Waals surface area contributed by atoms with E-state index < -0.39 is 11.9 Å². The van der Waals surface area contributed by atoms with Crippen molar-refractivity contribution in [3.05, 3.63) is 69.7 Å². The molecule has 1 atom stereocenters. The van der Waals surface area contributed by atoms with Gasteiger partial charge in [0.05, 0.1) is 0 Å². The number of hydrogen-bond acceptors (Lipinski definition) is 2. The highest BCUT2D eigenvalue weighted by Crippen LogP contribution is 2.28. The van der Waals surface area contributed by atoms with E-state index in [0.717, 1.165) is 25.7 Å². The van der Waals surface area contributed by atoms with E-state index in [1.54, 1.807) is 30.3 Å². The van der Waals surface area contributed by atoms with Crippen LogP contribution >= 0.6 is 23.2 Å². The van der Waals surface area contributed by atoms with E-state index >= 15 is 0 Å². The third-order valence-corrected chi connectivity index (χ3v) is 5.75. The third kappa shape index (κ3) is 5.32. The number of rotatable bonds is 6. The Labute approximate surface area is 181 Å². The molecule has 0 saturated heterocycles. The van der Waals surface area contributed by atoms with Crippen LogP contribution in [0.4, 0.5) is 0 Å². The van der Waals surface area contributed by atoms with Crippen LogP contribution < -0.4 is 5.32 Å². The molecule has 1 aliphatic rings. The van der Waals surface area contributed by atoms with Gasteiger partial charge in [0.15, 0.2) is 0 Å². The molecular formula is C23H22Cl2N2O2. The number of terminal acetylenes is 1. The lowest BCUT2D eigenvalue weighted by atomic mass is 10.0. The fourth-order valence-electron chi connectivity index (χ4n) is 3.64. The molecule has 3 rings (SSSR count). The summed E-state index contributed by atoms with van der Waals surface area (Å²) >= 11 is 12.3. The lowest BCUT2D eigenvalue weighted by molar-refractivity contribution is -0.138. The molecule has 4 nitrogen and oxygen atoms in total. The van der Waals surface area contributed by atoms with Gasteiger partial charge in [-0.25, -0.2) is 0 Å². The molecule has 2 aromatic carbocycles. The summed E-state index contributed by atoms with van der Waals surface area (Å²) in [5.74, 6) is 1.32. The van der Waals surface area contributed by atoms with Crippen LogP contribution in [-0.2, 0) is 16.1 Å². The van der Waals surface area contributed by atoms with E-state index in [-0.39, 0.29) is 18.5 Å². The zero-order valence-electron chi connectivity index (χ0n) is 15.9. The molecule has 0 bridgehead atoms. The van der Waals surface area contributed by atoms with Crippen molar-refractivity contribution in [3.8, 4) is 12.3 Å². The van der Waals surface area contributed by atoms with E-state index in [2.05, 4.69) is 11.2 Å².